The van der Waals surface area contributed by atoms with Crippen molar-refractivity contribution < 1.29 is 0 Å². The monoisotopic (exact) mass is 194 g/mol. The molecule has 0 spiro atoms. The summed E-state index contributed by atoms with van der Waals surface area (Å²) in [5.41, 5.74) is 5.76. The topological polar surface area (TPSA) is 38.0 Å². The van der Waals surface area contributed by atoms with Crippen LogP contribution in [0.25, 0.3) is 0 Å². The first kappa shape index (κ1) is 11.6. The van der Waals surface area contributed by atoms with Crippen LogP contribution < -0.4 is 11.1 Å². The van der Waals surface area contributed by atoms with Gasteiger partial charge in [0, 0.05) is 19.0 Å². The van der Waals surface area contributed by atoms with E-state index in [4.69, 9.17) is 5.73 Å². The Labute approximate surface area is 87.6 Å². The van der Waals surface area contributed by atoms with Crippen LogP contribution in [0.5, 0.6) is 0 Å². The molecule has 1 saturated carbocycles. The largest absolute Gasteiger partial charge is 0.330 e. The first-order valence-electron chi connectivity index (χ1n) is 5.71. The molecule has 80 valence electrons. The molecule has 0 amide bonds. The molecule has 2 unspecified atom stereocenters. The maximum atomic E-state index is 5.76. The Kier molecular flexibility index (Phi) is 5.66. The molecule has 14 heavy (non-hydrogen) atoms. The standard InChI is InChI=1S/C12H22N2/c1-2-3-6-9-14-12-8-5-4-7-11(12)10-13/h11-12,14H,4-10,13H2,1H3. The molecule has 1 rings (SSSR count). The molecule has 1 aliphatic carbocycles. The van der Waals surface area contributed by atoms with E-state index in [1.54, 1.807) is 0 Å². The molecule has 2 nitrogen and oxygen atoms in total. The molecule has 1 fully saturated rings. The lowest BCUT2D eigenvalue weighted by Gasteiger charge is -2.31. The van der Waals surface area contributed by atoms with E-state index in [9.17, 15) is 0 Å². The first-order chi connectivity index (χ1) is 6.88. The Bertz CT molecular complexity index is 202. The van der Waals surface area contributed by atoms with Gasteiger partial charge >= 0.3 is 0 Å². The van der Waals surface area contributed by atoms with E-state index in [1.165, 1.54) is 25.7 Å². The lowest BCUT2D eigenvalue weighted by molar-refractivity contribution is 0.270. The summed E-state index contributed by atoms with van der Waals surface area (Å²) in [7, 11) is 0. The van der Waals surface area contributed by atoms with Gasteiger partial charge in [0.1, 0.15) is 0 Å². The quantitative estimate of drug-likeness (QED) is 0.526. The summed E-state index contributed by atoms with van der Waals surface area (Å²) >= 11 is 0. The van der Waals surface area contributed by atoms with Crippen LogP contribution in [0, 0.1) is 17.8 Å². The molecular formula is C12H22N2. The number of nitrogens with one attached hydrogen (secondary N) is 1. The normalized spacial score (nSPS) is 26.7. The smallest absolute Gasteiger partial charge is 0.0214 e. The Morgan fingerprint density at radius 1 is 1.36 bits per heavy atom. The second kappa shape index (κ2) is 6.86. The minimum Gasteiger partial charge on any atom is -0.330 e. The van der Waals surface area contributed by atoms with Crippen molar-refractivity contribution in [3.63, 3.8) is 0 Å². The van der Waals surface area contributed by atoms with Crippen LogP contribution in [0.4, 0.5) is 0 Å². The van der Waals surface area contributed by atoms with Crippen molar-refractivity contribution in [1.29, 1.82) is 0 Å². The van der Waals surface area contributed by atoms with Gasteiger partial charge < -0.3 is 11.1 Å². The number of hydrogen-bond acceptors (Lipinski definition) is 2. The van der Waals surface area contributed by atoms with Crippen LogP contribution in [0.1, 0.15) is 39.0 Å². The molecule has 2 atom stereocenters. The summed E-state index contributed by atoms with van der Waals surface area (Å²) in [6.45, 7) is 3.74. The molecule has 0 aromatic heterocycles. The van der Waals surface area contributed by atoms with Gasteiger partial charge in [-0.3, -0.25) is 0 Å². The van der Waals surface area contributed by atoms with Crippen molar-refractivity contribution in [3.8, 4) is 11.8 Å². The lowest BCUT2D eigenvalue weighted by Crippen LogP contribution is -2.42. The van der Waals surface area contributed by atoms with Gasteiger partial charge in [-0.25, -0.2) is 0 Å². The molecule has 0 aliphatic heterocycles. The third-order valence-electron chi connectivity index (χ3n) is 3.05. The molecule has 0 saturated heterocycles. The van der Waals surface area contributed by atoms with Gasteiger partial charge in [0.05, 0.1) is 0 Å². The second-order valence-electron chi connectivity index (χ2n) is 4.02. The van der Waals surface area contributed by atoms with Crippen molar-refractivity contribution in [3.05, 3.63) is 0 Å². The highest BCUT2D eigenvalue weighted by Gasteiger charge is 2.22. The molecule has 2 heteroatoms. The summed E-state index contributed by atoms with van der Waals surface area (Å²) in [5.74, 6) is 6.69. The molecule has 0 aromatic rings. The van der Waals surface area contributed by atoms with Crippen LogP contribution in [-0.4, -0.2) is 19.1 Å². The van der Waals surface area contributed by atoms with Crippen molar-refractivity contribution in [1.82, 2.24) is 5.32 Å². The van der Waals surface area contributed by atoms with Crippen LogP contribution in [0.2, 0.25) is 0 Å². The zero-order chi connectivity index (χ0) is 10.2. The number of nitrogens with two attached hydrogens (primary N) is 1. The van der Waals surface area contributed by atoms with E-state index >= 15 is 0 Å². The summed E-state index contributed by atoms with van der Waals surface area (Å²) in [6, 6.07) is 0.646. The van der Waals surface area contributed by atoms with Gasteiger partial charge in [-0.15, -0.1) is 11.8 Å². The van der Waals surface area contributed by atoms with Crippen molar-refractivity contribution >= 4 is 0 Å². The average Bonchev–Trinajstić information content (AvgIpc) is 2.25. The molecular weight excluding hydrogens is 172 g/mol. The van der Waals surface area contributed by atoms with Crippen LogP contribution in [0.15, 0.2) is 0 Å². The number of hydrogen-bond donors (Lipinski definition) is 2. The maximum absolute atomic E-state index is 5.76. The first-order valence-corrected chi connectivity index (χ1v) is 5.71. The van der Waals surface area contributed by atoms with E-state index < -0.39 is 0 Å². The lowest BCUT2D eigenvalue weighted by atomic mass is 9.84. The zero-order valence-corrected chi connectivity index (χ0v) is 9.18. The van der Waals surface area contributed by atoms with Gasteiger partial charge in [0.25, 0.3) is 0 Å². The summed E-state index contributed by atoms with van der Waals surface area (Å²) in [4.78, 5) is 0. The fourth-order valence-electron chi connectivity index (χ4n) is 2.20. The maximum Gasteiger partial charge on any atom is 0.0214 e. The number of rotatable bonds is 4. The van der Waals surface area contributed by atoms with Gasteiger partial charge in [-0.1, -0.05) is 12.8 Å². The van der Waals surface area contributed by atoms with E-state index in [-0.39, 0.29) is 0 Å². The van der Waals surface area contributed by atoms with Crippen LogP contribution >= 0.6 is 0 Å². The third kappa shape index (κ3) is 3.69. The highest BCUT2D eigenvalue weighted by molar-refractivity contribution is 4.95. The summed E-state index contributed by atoms with van der Waals surface area (Å²) < 4.78 is 0. The van der Waals surface area contributed by atoms with Crippen LogP contribution in [-0.2, 0) is 0 Å². The Morgan fingerprint density at radius 2 is 2.14 bits per heavy atom. The Morgan fingerprint density at radius 3 is 2.86 bits per heavy atom. The van der Waals surface area contributed by atoms with E-state index in [0.29, 0.717) is 12.0 Å². The fourth-order valence-corrected chi connectivity index (χ4v) is 2.20. The van der Waals surface area contributed by atoms with Crippen LogP contribution in [0.3, 0.4) is 0 Å². The molecule has 0 heterocycles. The third-order valence-corrected chi connectivity index (χ3v) is 3.05. The average molecular weight is 194 g/mol. The van der Waals surface area contributed by atoms with Gasteiger partial charge in [-0.2, -0.15) is 0 Å². The summed E-state index contributed by atoms with van der Waals surface area (Å²) in [5, 5.41) is 3.57. The molecule has 1 aliphatic rings. The fraction of sp³-hybridized carbons (Fsp3) is 0.833. The molecule has 0 aromatic carbocycles. The van der Waals surface area contributed by atoms with E-state index in [1.807, 2.05) is 6.92 Å². The van der Waals surface area contributed by atoms with Crippen molar-refractivity contribution in [2.75, 3.05) is 13.1 Å². The SMILES string of the molecule is CC#CCCNC1CCCCC1CN. The van der Waals surface area contributed by atoms with E-state index in [2.05, 4.69) is 17.2 Å². The predicted molar refractivity (Wildman–Crippen MR) is 60.9 cm³/mol. The Balaban J connectivity index is 2.21. The minimum absolute atomic E-state index is 0.646. The predicted octanol–water partition coefficient (Wildman–Crippen LogP) is 1.51. The van der Waals surface area contributed by atoms with Gasteiger partial charge in [0.2, 0.25) is 0 Å². The summed E-state index contributed by atoms with van der Waals surface area (Å²) in [6.07, 6.45) is 6.27. The van der Waals surface area contributed by atoms with Crippen molar-refractivity contribution in [2.45, 2.75) is 45.1 Å². The highest BCUT2D eigenvalue weighted by atomic mass is 14.9. The minimum atomic E-state index is 0.646. The second-order valence-corrected chi connectivity index (χ2v) is 4.02. The van der Waals surface area contributed by atoms with Crippen molar-refractivity contribution in [2.24, 2.45) is 11.7 Å². The molecule has 0 radical (unpaired) electrons. The highest BCUT2D eigenvalue weighted by Crippen LogP contribution is 2.23. The molecule has 0 bridgehead atoms. The van der Waals surface area contributed by atoms with E-state index in [0.717, 1.165) is 19.5 Å². The molecule has 3 N–H and O–H groups in total. The van der Waals surface area contributed by atoms with Gasteiger partial charge in [-0.05, 0) is 32.2 Å². The Hall–Kier alpha value is -0.520. The van der Waals surface area contributed by atoms with Gasteiger partial charge in [0.15, 0.2) is 0 Å². The zero-order valence-electron chi connectivity index (χ0n) is 9.18.